The third kappa shape index (κ3) is 5.85. The molecule has 0 nitrogen and oxygen atoms in total. The summed E-state index contributed by atoms with van der Waals surface area (Å²) < 4.78 is 0. The summed E-state index contributed by atoms with van der Waals surface area (Å²) in [5.41, 5.74) is 1.36. The molecule has 1 rings (SSSR count). The fraction of sp³-hybridized carbons (Fsp3) is 0.417. The fourth-order valence-electron chi connectivity index (χ4n) is 1.25. The fourth-order valence-corrected chi connectivity index (χ4v) is 1.25. The summed E-state index contributed by atoms with van der Waals surface area (Å²) in [4.78, 5) is 0. The van der Waals surface area contributed by atoms with Crippen LogP contribution < -0.4 is 18.9 Å². The molecule has 1 heteroatoms. The Morgan fingerprint density at radius 1 is 1.08 bits per heavy atom. The number of hydrogen-bond acceptors (Lipinski definition) is 0. The predicted octanol–water partition coefficient (Wildman–Crippen LogP) is 0.823. The molecule has 0 heterocycles. The molecule has 0 radical (unpaired) electrons. The first-order valence-electron chi connectivity index (χ1n) is 4.81. The quantitative estimate of drug-likeness (QED) is 0.347. The zero-order valence-corrected chi connectivity index (χ0v) is 8.79. The normalized spacial score (nSPS) is 9.00. The van der Waals surface area contributed by atoms with Crippen LogP contribution in [-0.2, 0) is 0 Å². The second-order valence-electron chi connectivity index (χ2n) is 3.11. The van der Waals surface area contributed by atoms with Crippen molar-refractivity contribution in [2.75, 3.05) is 0 Å². The van der Waals surface area contributed by atoms with Crippen LogP contribution in [0.3, 0.4) is 0 Å². The molecule has 0 N–H and O–H groups in total. The zero-order chi connectivity index (χ0) is 8.65. The van der Waals surface area contributed by atoms with Gasteiger partial charge >= 0.3 is 18.9 Å². The molecular weight excluding hydrogens is 151 g/mol. The van der Waals surface area contributed by atoms with Gasteiger partial charge in [-0.2, -0.15) is 24.1 Å². The first-order chi connectivity index (χ1) is 5.93. The van der Waals surface area contributed by atoms with E-state index in [1.54, 1.807) is 0 Å². The van der Waals surface area contributed by atoms with Crippen LogP contribution >= 0.6 is 0 Å². The van der Waals surface area contributed by atoms with E-state index in [9.17, 15) is 0 Å². The van der Waals surface area contributed by atoms with Crippen molar-refractivity contribution in [2.45, 2.75) is 32.6 Å². The van der Waals surface area contributed by atoms with Gasteiger partial charge in [-0.3, -0.25) is 0 Å². The molecule has 0 aliphatic carbocycles. The van der Waals surface area contributed by atoms with Crippen LogP contribution in [0.2, 0.25) is 0 Å². The van der Waals surface area contributed by atoms with Crippen molar-refractivity contribution in [3.05, 3.63) is 42.3 Å². The van der Waals surface area contributed by atoms with E-state index >= 15 is 0 Å². The van der Waals surface area contributed by atoms with Gasteiger partial charge in [0.1, 0.15) is 0 Å². The molecule has 66 valence electrons. The molecule has 0 atom stereocenters. The van der Waals surface area contributed by atoms with E-state index in [1.807, 2.05) is 0 Å². The first-order valence-corrected chi connectivity index (χ1v) is 4.81. The monoisotopic (exact) mass is 168 g/mol. The van der Waals surface area contributed by atoms with Crippen LogP contribution in [-0.4, -0.2) is 0 Å². The average Bonchev–Trinajstić information content (AvgIpc) is 2.14. The Bertz CT molecular complexity index is 194. The van der Waals surface area contributed by atoms with Crippen LogP contribution in [0.5, 0.6) is 0 Å². The standard InChI is InChI=1S/C12H17.Li/c1-2-3-4-6-9-12-10-7-5-8-11-12;/h5,7-11H,2-4,6H2,1H3;/q-1;+1. The third-order valence-corrected chi connectivity index (χ3v) is 1.99. The van der Waals surface area contributed by atoms with Gasteiger partial charge in [-0.25, -0.2) is 0 Å². The molecule has 0 spiro atoms. The van der Waals surface area contributed by atoms with Gasteiger partial charge in [-0.05, 0) is 0 Å². The van der Waals surface area contributed by atoms with Crippen LogP contribution in [0.25, 0.3) is 0 Å². The number of unbranched alkanes of at least 4 members (excludes halogenated alkanes) is 3. The Labute approximate surface area is 93.9 Å². The van der Waals surface area contributed by atoms with Crippen LogP contribution in [0.1, 0.15) is 38.2 Å². The van der Waals surface area contributed by atoms with Gasteiger partial charge in [-0.1, -0.05) is 38.7 Å². The first kappa shape index (κ1) is 12.7. The molecule has 0 aliphatic heterocycles. The van der Waals surface area contributed by atoms with Crippen molar-refractivity contribution in [1.82, 2.24) is 0 Å². The molecule has 13 heavy (non-hydrogen) atoms. The van der Waals surface area contributed by atoms with Crippen molar-refractivity contribution >= 4 is 0 Å². The maximum Gasteiger partial charge on any atom is 1.00 e. The number of rotatable bonds is 5. The average molecular weight is 168 g/mol. The molecule has 0 amide bonds. The van der Waals surface area contributed by atoms with Gasteiger partial charge in [0.2, 0.25) is 0 Å². The van der Waals surface area contributed by atoms with Crippen molar-refractivity contribution in [3.63, 3.8) is 0 Å². The maximum absolute atomic E-state index is 2.32. The Morgan fingerprint density at radius 2 is 1.77 bits per heavy atom. The molecule has 0 unspecified atom stereocenters. The zero-order valence-electron chi connectivity index (χ0n) is 8.79. The largest absolute Gasteiger partial charge is 1.00 e. The van der Waals surface area contributed by atoms with E-state index in [-0.39, 0.29) is 18.9 Å². The summed E-state index contributed by atoms with van der Waals surface area (Å²) in [5.74, 6) is 0. The molecule has 0 aliphatic rings. The van der Waals surface area contributed by atoms with Crippen molar-refractivity contribution in [2.24, 2.45) is 0 Å². The van der Waals surface area contributed by atoms with Crippen LogP contribution in [0.4, 0.5) is 0 Å². The molecule has 0 saturated heterocycles. The summed E-state index contributed by atoms with van der Waals surface area (Å²) >= 11 is 0. The van der Waals surface area contributed by atoms with Crippen LogP contribution in [0.15, 0.2) is 30.3 Å². The second kappa shape index (κ2) is 8.29. The SMILES string of the molecule is CCCCC[CH-]c1ccccc1.[Li+]. The Morgan fingerprint density at radius 3 is 2.38 bits per heavy atom. The summed E-state index contributed by atoms with van der Waals surface area (Å²) in [5, 5.41) is 0. The van der Waals surface area contributed by atoms with Crippen molar-refractivity contribution < 1.29 is 18.9 Å². The molecule has 1 aromatic carbocycles. The minimum absolute atomic E-state index is 0. The Kier molecular flexibility index (Phi) is 8.09. The molecule has 0 fully saturated rings. The van der Waals surface area contributed by atoms with E-state index in [2.05, 4.69) is 43.7 Å². The van der Waals surface area contributed by atoms with E-state index in [0.29, 0.717) is 0 Å². The molecule has 0 saturated carbocycles. The van der Waals surface area contributed by atoms with Crippen molar-refractivity contribution in [3.8, 4) is 0 Å². The van der Waals surface area contributed by atoms with E-state index in [4.69, 9.17) is 0 Å². The summed E-state index contributed by atoms with van der Waals surface area (Å²) in [7, 11) is 0. The van der Waals surface area contributed by atoms with Gasteiger partial charge < -0.3 is 0 Å². The molecular formula is C12H17Li. The van der Waals surface area contributed by atoms with E-state index in [1.165, 1.54) is 31.2 Å². The van der Waals surface area contributed by atoms with Gasteiger partial charge in [0.05, 0.1) is 0 Å². The predicted molar refractivity (Wildman–Crippen MR) is 54.0 cm³/mol. The minimum atomic E-state index is 0. The molecule has 0 aromatic heterocycles. The number of hydrogen-bond donors (Lipinski definition) is 0. The van der Waals surface area contributed by atoms with Crippen LogP contribution in [0, 0.1) is 6.42 Å². The topological polar surface area (TPSA) is 0 Å². The number of benzene rings is 1. The minimum Gasteiger partial charge on any atom is -0.192 e. The van der Waals surface area contributed by atoms with Gasteiger partial charge in [-0.15, -0.1) is 12.1 Å². The summed E-state index contributed by atoms with van der Waals surface area (Å²) in [6.45, 7) is 2.24. The van der Waals surface area contributed by atoms with Gasteiger partial charge in [0, 0.05) is 0 Å². The Balaban J connectivity index is 0.00000144. The smallest absolute Gasteiger partial charge is 0.192 e. The third-order valence-electron chi connectivity index (χ3n) is 1.99. The van der Waals surface area contributed by atoms with Gasteiger partial charge in [0.25, 0.3) is 0 Å². The van der Waals surface area contributed by atoms with E-state index in [0.717, 1.165) is 0 Å². The van der Waals surface area contributed by atoms with Gasteiger partial charge in [0.15, 0.2) is 0 Å². The summed E-state index contributed by atoms with van der Waals surface area (Å²) in [6.07, 6.45) is 7.52. The summed E-state index contributed by atoms with van der Waals surface area (Å²) in [6, 6.07) is 10.6. The van der Waals surface area contributed by atoms with Crippen molar-refractivity contribution in [1.29, 1.82) is 0 Å². The molecule has 1 aromatic rings. The second-order valence-corrected chi connectivity index (χ2v) is 3.11. The Hall–Kier alpha value is -0.313. The molecule has 0 bridgehead atoms. The maximum atomic E-state index is 2.32. The van der Waals surface area contributed by atoms with E-state index < -0.39 is 0 Å².